The highest BCUT2D eigenvalue weighted by Crippen LogP contribution is 2.40. The summed E-state index contributed by atoms with van der Waals surface area (Å²) in [5, 5.41) is 2.55. The number of methoxy groups -OCH3 is 1. The van der Waals surface area contributed by atoms with Crippen LogP contribution in [0.15, 0.2) is 64.6 Å². The van der Waals surface area contributed by atoms with Gasteiger partial charge in [0.2, 0.25) is 5.25 Å². The van der Waals surface area contributed by atoms with Crippen molar-refractivity contribution in [3.8, 4) is 0 Å². The SMILES string of the molecule is CO[C@]1(C(F)F)ON=C(c2ccccc2)[C@@H]1[S@@+]([O-])c1ccc(C)cc1. The van der Waals surface area contributed by atoms with E-state index >= 15 is 0 Å². The molecule has 0 radical (unpaired) electrons. The second kappa shape index (κ2) is 7.11. The number of halogens is 2. The molecule has 0 aromatic heterocycles. The molecule has 25 heavy (non-hydrogen) atoms. The predicted molar refractivity (Wildman–Crippen MR) is 91.2 cm³/mol. The van der Waals surface area contributed by atoms with E-state index in [1.165, 1.54) is 0 Å². The van der Waals surface area contributed by atoms with Crippen LogP contribution in [-0.4, -0.2) is 34.8 Å². The summed E-state index contributed by atoms with van der Waals surface area (Å²) < 4.78 is 45.8. The summed E-state index contributed by atoms with van der Waals surface area (Å²) in [7, 11) is 1.11. The second-order valence-corrected chi connectivity index (χ2v) is 7.19. The summed E-state index contributed by atoms with van der Waals surface area (Å²) >= 11 is -1.85. The van der Waals surface area contributed by atoms with Gasteiger partial charge in [-0.05, 0) is 19.1 Å². The third kappa shape index (κ3) is 3.15. The van der Waals surface area contributed by atoms with Gasteiger partial charge in [-0.25, -0.2) is 8.78 Å². The molecule has 7 heteroatoms. The van der Waals surface area contributed by atoms with Crippen molar-refractivity contribution in [2.75, 3.05) is 7.11 Å². The van der Waals surface area contributed by atoms with E-state index in [0.717, 1.165) is 12.7 Å². The number of benzene rings is 2. The number of rotatable bonds is 5. The maximum atomic E-state index is 13.8. The molecule has 2 aromatic carbocycles. The third-order valence-corrected chi connectivity index (χ3v) is 5.78. The lowest BCUT2D eigenvalue weighted by Crippen LogP contribution is -2.55. The van der Waals surface area contributed by atoms with E-state index in [9.17, 15) is 13.3 Å². The van der Waals surface area contributed by atoms with Crippen LogP contribution in [0, 0.1) is 6.92 Å². The van der Waals surface area contributed by atoms with Crippen LogP contribution >= 0.6 is 0 Å². The Bertz CT molecular complexity index is 755. The first-order valence-electron chi connectivity index (χ1n) is 7.61. The summed E-state index contributed by atoms with van der Waals surface area (Å²) in [5.74, 6) is -2.39. The smallest absolute Gasteiger partial charge is 0.351 e. The molecule has 1 aliphatic rings. The Hall–Kier alpha value is -1.96. The quantitative estimate of drug-likeness (QED) is 0.762. The van der Waals surface area contributed by atoms with Crippen LogP contribution in [0.3, 0.4) is 0 Å². The first-order chi connectivity index (χ1) is 12.0. The molecular weight excluding hydrogens is 348 g/mol. The van der Waals surface area contributed by atoms with Gasteiger partial charge in [-0.1, -0.05) is 53.2 Å². The van der Waals surface area contributed by atoms with Gasteiger partial charge in [0.25, 0.3) is 0 Å². The zero-order valence-corrected chi connectivity index (χ0v) is 14.5. The van der Waals surface area contributed by atoms with Crippen molar-refractivity contribution in [1.29, 1.82) is 0 Å². The van der Waals surface area contributed by atoms with Gasteiger partial charge < -0.3 is 14.1 Å². The number of nitrogens with zero attached hydrogens (tertiary/aromatic N) is 1. The number of alkyl halides is 2. The van der Waals surface area contributed by atoms with Crippen LogP contribution in [0.25, 0.3) is 0 Å². The van der Waals surface area contributed by atoms with Crippen LogP contribution in [0.4, 0.5) is 8.78 Å². The van der Waals surface area contributed by atoms with Crippen molar-refractivity contribution in [1.82, 2.24) is 0 Å². The van der Waals surface area contributed by atoms with Crippen molar-refractivity contribution < 1.29 is 22.9 Å². The monoisotopic (exact) mass is 365 g/mol. The number of hydrogen-bond acceptors (Lipinski definition) is 4. The zero-order valence-electron chi connectivity index (χ0n) is 13.7. The van der Waals surface area contributed by atoms with Crippen molar-refractivity contribution >= 4 is 16.9 Å². The van der Waals surface area contributed by atoms with Crippen molar-refractivity contribution in [2.45, 2.75) is 29.3 Å². The number of hydrogen-bond donors (Lipinski definition) is 0. The molecule has 132 valence electrons. The Morgan fingerprint density at radius 2 is 1.80 bits per heavy atom. The fourth-order valence-electron chi connectivity index (χ4n) is 2.67. The van der Waals surface area contributed by atoms with Crippen LogP contribution in [-0.2, 0) is 20.8 Å². The molecule has 0 N–H and O–H groups in total. The molecule has 1 heterocycles. The van der Waals surface area contributed by atoms with Gasteiger partial charge in [0.05, 0.1) is 0 Å². The molecule has 0 saturated heterocycles. The Morgan fingerprint density at radius 3 is 2.36 bits per heavy atom. The van der Waals surface area contributed by atoms with E-state index < -0.39 is 28.6 Å². The molecule has 0 spiro atoms. The fourth-order valence-corrected chi connectivity index (χ4v) is 4.27. The van der Waals surface area contributed by atoms with Crippen molar-refractivity contribution in [2.24, 2.45) is 5.16 Å². The Balaban J connectivity index is 2.06. The maximum Gasteiger partial charge on any atom is 0.351 e. The molecule has 0 bridgehead atoms. The normalized spacial score (nSPS) is 24.1. The van der Waals surface area contributed by atoms with Gasteiger partial charge in [0.15, 0.2) is 4.90 Å². The van der Waals surface area contributed by atoms with E-state index in [1.807, 2.05) is 6.92 Å². The molecule has 2 aromatic rings. The third-order valence-electron chi connectivity index (χ3n) is 4.06. The van der Waals surface area contributed by atoms with Gasteiger partial charge in [-0.2, -0.15) is 0 Å². The molecule has 0 fully saturated rings. The first-order valence-corrected chi connectivity index (χ1v) is 8.83. The van der Waals surface area contributed by atoms with E-state index in [-0.39, 0.29) is 5.71 Å². The molecule has 0 unspecified atom stereocenters. The van der Waals surface area contributed by atoms with Crippen LogP contribution in [0.1, 0.15) is 11.1 Å². The number of oxime groups is 1. The van der Waals surface area contributed by atoms with Crippen LogP contribution < -0.4 is 0 Å². The van der Waals surface area contributed by atoms with Crippen molar-refractivity contribution in [3.63, 3.8) is 0 Å². The average Bonchev–Trinajstić information content (AvgIpc) is 3.03. The van der Waals surface area contributed by atoms with Crippen molar-refractivity contribution in [3.05, 3.63) is 65.7 Å². The Morgan fingerprint density at radius 1 is 1.16 bits per heavy atom. The number of ether oxygens (including phenoxy) is 1. The molecule has 1 aliphatic heterocycles. The minimum atomic E-state index is -3.03. The molecular formula is C18H17F2NO3S. The number of aryl methyl sites for hydroxylation is 1. The maximum absolute atomic E-state index is 13.8. The van der Waals surface area contributed by atoms with Gasteiger partial charge in [-0.15, -0.1) is 0 Å². The fraction of sp³-hybridized carbons (Fsp3) is 0.278. The standard InChI is InChI=1S/C18H17F2NO3S/c1-12-8-10-14(11-9-12)25(22)16-15(13-6-4-3-5-7-13)21-24-18(16,23-2)17(19)20/h3-11,16-17H,1-2H3/t16-,18-,25-/m0/s1. The first kappa shape index (κ1) is 17.8. The van der Waals surface area contributed by atoms with Crippen LogP contribution in [0.2, 0.25) is 0 Å². The summed E-state index contributed by atoms with van der Waals surface area (Å²) in [5.41, 5.74) is 1.72. The average molecular weight is 365 g/mol. The molecule has 3 atom stereocenters. The molecule has 4 nitrogen and oxygen atoms in total. The van der Waals surface area contributed by atoms with E-state index in [4.69, 9.17) is 9.57 Å². The van der Waals surface area contributed by atoms with Gasteiger partial charge in [-0.3, -0.25) is 0 Å². The summed E-state index contributed by atoms with van der Waals surface area (Å²) in [6.45, 7) is 1.89. The summed E-state index contributed by atoms with van der Waals surface area (Å²) in [6.07, 6.45) is -3.03. The minimum absolute atomic E-state index is 0.182. The highest BCUT2D eigenvalue weighted by atomic mass is 32.2. The predicted octanol–water partition coefficient (Wildman–Crippen LogP) is 3.51. The zero-order chi connectivity index (χ0) is 18.0. The van der Waals surface area contributed by atoms with E-state index in [0.29, 0.717) is 10.5 Å². The van der Waals surface area contributed by atoms with Crippen LogP contribution in [0.5, 0.6) is 0 Å². The molecule has 0 aliphatic carbocycles. The summed E-state index contributed by atoms with van der Waals surface area (Å²) in [6, 6.07) is 15.6. The minimum Gasteiger partial charge on any atom is -0.611 e. The Labute approximate surface area is 147 Å². The highest BCUT2D eigenvalue weighted by Gasteiger charge is 2.64. The topological polar surface area (TPSA) is 53.9 Å². The lowest BCUT2D eigenvalue weighted by molar-refractivity contribution is -0.267. The largest absolute Gasteiger partial charge is 0.611 e. The molecule has 3 rings (SSSR count). The lowest BCUT2D eigenvalue weighted by Gasteiger charge is -2.31. The van der Waals surface area contributed by atoms with Gasteiger partial charge in [0, 0.05) is 23.8 Å². The van der Waals surface area contributed by atoms with Gasteiger partial charge >= 0.3 is 12.2 Å². The second-order valence-electron chi connectivity index (χ2n) is 5.65. The lowest BCUT2D eigenvalue weighted by atomic mass is 10.0. The van der Waals surface area contributed by atoms with Gasteiger partial charge in [0.1, 0.15) is 5.71 Å². The molecule has 0 amide bonds. The van der Waals surface area contributed by atoms with E-state index in [2.05, 4.69) is 5.16 Å². The Kier molecular flexibility index (Phi) is 5.08. The van der Waals surface area contributed by atoms with E-state index in [1.54, 1.807) is 54.6 Å². The molecule has 0 saturated carbocycles. The summed E-state index contributed by atoms with van der Waals surface area (Å²) in [4.78, 5) is 5.43. The highest BCUT2D eigenvalue weighted by molar-refractivity contribution is 7.93.